The van der Waals surface area contributed by atoms with Crippen molar-refractivity contribution in [3.8, 4) is 40.2 Å². The Morgan fingerprint density at radius 2 is 1.93 bits per heavy atom. The molecule has 0 amide bonds. The summed E-state index contributed by atoms with van der Waals surface area (Å²) in [5, 5.41) is 33.1. The molecule has 13 heteroatoms. The van der Waals surface area contributed by atoms with Gasteiger partial charge in [0.25, 0.3) is 0 Å². The Balaban J connectivity index is 0.00000417. The minimum atomic E-state index is -1.40. The minimum absolute atomic E-state index is 0. The topological polar surface area (TPSA) is 129 Å². The SMILES string of the molecule is N#Cc1cncc(COc2cc(O[C@H]3CCc4c(-c5cc6c(c(F)c5F)OCCO6)cccc43)c(Cl)cc2CNC([O-])CO)c1.[K+]. The van der Waals surface area contributed by atoms with Gasteiger partial charge in [-0.25, -0.2) is 4.39 Å². The number of nitrogens with one attached hydrogen (secondary N) is 1. The molecule has 0 spiro atoms. The summed E-state index contributed by atoms with van der Waals surface area (Å²) in [4.78, 5) is 4.06. The number of ether oxygens (including phenoxy) is 4. The van der Waals surface area contributed by atoms with Crippen molar-refractivity contribution in [1.82, 2.24) is 10.3 Å². The molecule has 1 unspecified atom stereocenters. The van der Waals surface area contributed by atoms with E-state index in [9.17, 15) is 14.8 Å². The maximum absolute atomic E-state index is 15.3. The van der Waals surface area contributed by atoms with Crippen LogP contribution in [0.4, 0.5) is 8.78 Å². The number of hydrogen-bond acceptors (Lipinski definition) is 9. The minimum Gasteiger partial charge on any atom is -0.839 e. The van der Waals surface area contributed by atoms with Crippen LogP contribution in [-0.2, 0) is 19.6 Å². The molecule has 0 bridgehead atoms. The zero-order valence-electron chi connectivity index (χ0n) is 24.8. The summed E-state index contributed by atoms with van der Waals surface area (Å²) in [6.45, 7) is -0.0749. The van der Waals surface area contributed by atoms with Crippen LogP contribution in [0.1, 0.15) is 40.3 Å². The number of nitrogens with zero attached hydrogens (tertiary/aromatic N) is 2. The Morgan fingerprint density at radius 3 is 2.74 bits per heavy atom. The molecule has 46 heavy (non-hydrogen) atoms. The fourth-order valence-corrected chi connectivity index (χ4v) is 5.71. The second kappa shape index (κ2) is 15.4. The third kappa shape index (κ3) is 7.33. The molecule has 2 N–H and O–H groups in total. The molecule has 2 heterocycles. The van der Waals surface area contributed by atoms with E-state index in [2.05, 4.69) is 10.3 Å². The van der Waals surface area contributed by atoms with Crippen LogP contribution in [0.3, 0.4) is 0 Å². The van der Waals surface area contributed by atoms with Crippen LogP contribution in [0.5, 0.6) is 23.0 Å². The summed E-state index contributed by atoms with van der Waals surface area (Å²) < 4.78 is 53.5. The number of hydrogen-bond donors (Lipinski definition) is 2. The molecule has 9 nitrogen and oxygen atoms in total. The smallest absolute Gasteiger partial charge is 0.839 e. The van der Waals surface area contributed by atoms with Crippen LogP contribution in [0.2, 0.25) is 5.02 Å². The standard InChI is InChI=1S/C33H27ClF2N3O6.K/c34-25-9-20(15-39-30(41)16-40)27(44-17-19-8-18(12-37)13-38-14-19)11-28(25)45-26-5-4-22-21(2-1-3-23(22)26)24-10-29-33(32(36)31(24)35)43-7-6-42-29;/h1-3,8-11,13-14,26,30,39-40H,4-7,15-17H2;/q-1;+1/t26-,30?;/m0./s1. The maximum Gasteiger partial charge on any atom is 1.00 e. The largest absolute Gasteiger partial charge is 1.00 e. The molecule has 2 atom stereocenters. The first kappa shape index (κ1) is 34.5. The summed E-state index contributed by atoms with van der Waals surface area (Å²) in [7, 11) is 0. The second-order valence-corrected chi connectivity index (χ2v) is 10.9. The van der Waals surface area contributed by atoms with Crippen molar-refractivity contribution < 1.29 is 89.3 Å². The zero-order valence-corrected chi connectivity index (χ0v) is 28.7. The Labute approximate surface area is 311 Å². The van der Waals surface area contributed by atoms with Gasteiger partial charge in [-0.3, -0.25) is 4.98 Å². The van der Waals surface area contributed by atoms with E-state index in [-0.39, 0.29) is 99.8 Å². The molecule has 0 fully saturated rings. The predicted octanol–water partition coefficient (Wildman–Crippen LogP) is 1.74. The average molecular weight is 674 g/mol. The van der Waals surface area contributed by atoms with Crippen molar-refractivity contribution in [2.24, 2.45) is 0 Å². The number of halogens is 3. The maximum atomic E-state index is 15.3. The van der Waals surface area contributed by atoms with Crippen molar-refractivity contribution in [2.75, 3.05) is 19.8 Å². The molecule has 0 saturated heterocycles. The first-order chi connectivity index (χ1) is 21.9. The van der Waals surface area contributed by atoms with Crippen molar-refractivity contribution in [1.29, 1.82) is 5.26 Å². The van der Waals surface area contributed by atoms with Crippen molar-refractivity contribution >= 4 is 11.6 Å². The molecule has 1 aromatic heterocycles. The summed E-state index contributed by atoms with van der Waals surface area (Å²) in [6, 6.07) is 13.8. The number of fused-ring (bicyclic) bond motifs is 2. The number of nitriles is 1. The molecule has 1 aliphatic carbocycles. The van der Waals surface area contributed by atoms with Gasteiger partial charge in [0.1, 0.15) is 43.5 Å². The molecule has 2 aliphatic rings. The first-order valence-electron chi connectivity index (χ1n) is 14.2. The molecule has 6 rings (SSSR count). The quantitative estimate of drug-likeness (QED) is 0.191. The van der Waals surface area contributed by atoms with E-state index in [1.807, 2.05) is 12.1 Å². The molecule has 3 aromatic carbocycles. The van der Waals surface area contributed by atoms with Crippen molar-refractivity contribution in [2.45, 2.75) is 38.3 Å². The Morgan fingerprint density at radius 1 is 1.11 bits per heavy atom. The van der Waals surface area contributed by atoms with Gasteiger partial charge in [0.2, 0.25) is 5.82 Å². The van der Waals surface area contributed by atoms with Crippen LogP contribution in [0, 0.1) is 23.0 Å². The molecular formula is C33H27ClF2KN3O6. The van der Waals surface area contributed by atoms with Gasteiger partial charge in [-0.05, 0) is 54.0 Å². The van der Waals surface area contributed by atoms with Crippen LogP contribution in [0.15, 0.2) is 54.9 Å². The third-order valence-corrected chi connectivity index (χ3v) is 7.90. The molecular weight excluding hydrogens is 647 g/mol. The number of aliphatic hydroxyl groups excluding tert-OH is 1. The van der Waals surface area contributed by atoms with Crippen molar-refractivity contribution in [3.05, 3.63) is 99.3 Å². The van der Waals surface area contributed by atoms with E-state index in [4.69, 9.17) is 35.7 Å². The molecule has 232 valence electrons. The molecule has 1 aliphatic heterocycles. The fourth-order valence-electron chi connectivity index (χ4n) is 5.48. The van der Waals surface area contributed by atoms with Crippen molar-refractivity contribution in [3.63, 3.8) is 0 Å². The van der Waals surface area contributed by atoms with E-state index in [0.29, 0.717) is 46.6 Å². The number of benzene rings is 3. The van der Waals surface area contributed by atoms with Gasteiger partial charge in [-0.1, -0.05) is 29.8 Å². The second-order valence-electron chi connectivity index (χ2n) is 10.5. The number of pyridine rings is 1. The monoisotopic (exact) mass is 673 g/mol. The third-order valence-electron chi connectivity index (χ3n) is 7.61. The molecule has 0 saturated carbocycles. The predicted molar refractivity (Wildman–Crippen MR) is 157 cm³/mol. The Hall–Kier alpha value is -2.83. The fraction of sp³-hybridized carbons (Fsp3) is 0.273. The van der Waals surface area contributed by atoms with Gasteiger partial charge < -0.3 is 34.5 Å². The van der Waals surface area contributed by atoms with Gasteiger partial charge >= 0.3 is 51.4 Å². The Kier molecular flexibility index (Phi) is 11.5. The number of aromatic nitrogens is 1. The van der Waals surface area contributed by atoms with Gasteiger partial charge in [-0.15, -0.1) is 0 Å². The average Bonchev–Trinajstić information content (AvgIpc) is 3.48. The Bertz CT molecular complexity index is 1790. The van der Waals surface area contributed by atoms with E-state index < -0.39 is 30.6 Å². The van der Waals surface area contributed by atoms with E-state index in [1.165, 1.54) is 12.3 Å². The van der Waals surface area contributed by atoms with Gasteiger partial charge in [0.05, 0.1) is 10.6 Å². The normalized spacial score (nSPS) is 15.3. The summed E-state index contributed by atoms with van der Waals surface area (Å²) in [5.74, 6) is -1.47. The van der Waals surface area contributed by atoms with E-state index in [1.54, 1.807) is 36.5 Å². The number of rotatable bonds is 10. The summed E-state index contributed by atoms with van der Waals surface area (Å²) in [6.07, 6.45) is 2.27. The van der Waals surface area contributed by atoms with Gasteiger partial charge in [-0.2, -0.15) is 9.65 Å². The van der Waals surface area contributed by atoms with Crippen LogP contribution in [0.25, 0.3) is 11.1 Å². The number of aliphatic hydroxyl groups is 1. The summed E-state index contributed by atoms with van der Waals surface area (Å²) >= 11 is 6.65. The van der Waals surface area contributed by atoms with Crippen LogP contribution < -0.4 is 80.8 Å². The van der Waals surface area contributed by atoms with E-state index in [0.717, 1.165) is 11.1 Å². The van der Waals surface area contributed by atoms with Crippen LogP contribution in [-0.4, -0.2) is 36.1 Å². The van der Waals surface area contributed by atoms with Crippen LogP contribution >= 0.6 is 11.6 Å². The van der Waals surface area contributed by atoms with Gasteiger partial charge in [0.15, 0.2) is 17.3 Å². The van der Waals surface area contributed by atoms with E-state index >= 15 is 4.39 Å². The molecule has 0 radical (unpaired) electrons. The summed E-state index contributed by atoms with van der Waals surface area (Å²) in [5.41, 5.74) is 3.83. The zero-order chi connectivity index (χ0) is 31.5. The van der Waals surface area contributed by atoms with Gasteiger partial charge in [0, 0.05) is 48.3 Å². The molecule has 4 aromatic rings. The first-order valence-corrected chi connectivity index (χ1v) is 14.6.